The molecule has 2 rings (SSSR count). The molecule has 0 aromatic heterocycles. The molecule has 0 aliphatic heterocycles. The summed E-state index contributed by atoms with van der Waals surface area (Å²) < 4.78 is 11.1. The summed E-state index contributed by atoms with van der Waals surface area (Å²) in [6.07, 6.45) is 1.52. The smallest absolute Gasteiger partial charge is 0.184 e. The van der Waals surface area contributed by atoms with Gasteiger partial charge < -0.3 is 15.2 Å². The van der Waals surface area contributed by atoms with Crippen LogP contribution in [-0.2, 0) is 6.61 Å². The maximum atomic E-state index is 6.29. The van der Waals surface area contributed by atoms with E-state index >= 15 is 0 Å². The molecule has 8 heteroatoms. The van der Waals surface area contributed by atoms with Crippen molar-refractivity contribution in [1.29, 1.82) is 0 Å². The van der Waals surface area contributed by atoms with Crippen LogP contribution < -0.4 is 20.6 Å². The van der Waals surface area contributed by atoms with Crippen molar-refractivity contribution in [1.82, 2.24) is 5.43 Å². The average molecular weight is 384 g/mol. The number of ether oxygens (including phenoxy) is 2. The predicted molar refractivity (Wildman–Crippen MR) is 101 cm³/mol. The zero-order chi connectivity index (χ0) is 17.5. The molecule has 0 radical (unpaired) electrons. The SMILES string of the molecule is COc1cc(/C=N/NC(N)=S)cc(Cl)c1OCc1ccccc1Cl. The van der Waals surface area contributed by atoms with E-state index in [-0.39, 0.29) is 11.7 Å². The fourth-order valence-electron chi connectivity index (χ4n) is 1.89. The monoisotopic (exact) mass is 383 g/mol. The summed E-state index contributed by atoms with van der Waals surface area (Å²) >= 11 is 17.1. The van der Waals surface area contributed by atoms with Crippen LogP contribution in [0.1, 0.15) is 11.1 Å². The van der Waals surface area contributed by atoms with E-state index in [0.717, 1.165) is 5.56 Å². The molecule has 0 spiro atoms. The standard InChI is InChI=1S/C16H15Cl2N3O2S/c1-22-14-7-10(8-20-21-16(19)24)6-13(18)15(14)23-9-11-4-2-3-5-12(11)17/h2-8H,9H2,1H3,(H3,19,21,24)/b20-8+. The van der Waals surface area contributed by atoms with Crippen LogP contribution in [0.15, 0.2) is 41.5 Å². The van der Waals surface area contributed by atoms with E-state index in [1.54, 1.807) is 18.2 Å². The van der Waals surface area contributed by atoms with Gasteiger partial charge in [0.1, 0.15) is 6.61 Å². The Morgan fingerprint density at radius 1 is 1.29 bits per heavy atom. The lowest BCUT2D eigenvalue weighted by Gasteiger charge is -2.14. The van der Waals surface area contributed by atoms with Gasteiger partial charge in [-0.1, -0.05) is 41.4 Å². The van der Waals surface area contributed by atoms with Crippen LogP contribution in [0.25, 0.3) is 0 Å². The second-order valence-corrected chi connectivity index (χ2v) is 5.90. The van der Waals surface area contributed by atoms with Crippen LogP contribution in [0.3, 0.4) is 0 Å². The lowest BCUT2D eigenvalue weighted by molar-refractivity contribution is 0.285. The first-order valence-corrected chi connectivity index (χ1v) is 8.00. The molecular weight excluding hydrogens is 369 g/mol. The van der Waals surface area contributed by atoms with Gasteiger partial charge in [0.25, 0.3) is 0 Å². The van der Waals surface area contributed by atoms with E-state index in [2.05, 4.69) is 22.7 Å². The van der Waals surface area contributed by atoms with Crippen molar-refractivity contribution in [2.45, 2.75) is 6.61 Å². The lowest BCUT2D eigenvalue weighted by atomic mass is 10.2. The number of halogens is 2. The minimum atomic E-state index is 0.0732. The van der Waals surface area contributed by atoms with Gasteiger partial charge in [-0.15, -0.1) is 0 Å². The van der Waals surface area contributed by atoms with Gasteiger partial charge in [-0.2, -0.15) is 5.10 Å². The fraction of sp³-hybridized carbons (Fsp3) is 0.125. The molecule has 0 atom stereocenters. The predicted octanol–water partition coefficient (Wildman–Crippen LogP) is 3.75. The maximum Gasteiger partial charge on any atom is 0.184 e. The number of methoxy groups -OCH3 is 1. The van der Waals surface area contributed by atoms with E-state index < -0.39 is 0 Å². The number of thiocarbonyl (C=S) groups is 1. The summed E-state index contributed by atoms with van der Waals surface area (Å²) in [7, 11) is 1.53. The summed E-state index contributed by atoms with van der Waals surface area (Å²) in [4.78, 5) is 0. The molecule has 2 aromatic carbocycles. The number of benzene rings is 2. The molecule has 2 aromatic rings. The second-order valence-electron chi connectivity index (χ2n) is 4.65. The minimum absolute atomic E-state index is 0.0732. The Morgan fingerprint density at radius 2 is 2.04 bits per heavy atom. The summed E-state index contributed by atoms with van der Waals surface area (Å²) in [5, 5.41) is 4.96. The molecular formula is C16H15Cl2N3O2S. The van der Waals surface area contributed by atoms with E-state index in [1.165, 1.54) is 13.3 Å². The molecule has 0 unspecified atom stereocenters. The molecule has 0 heterocycles. The zero-order valence-corrected chi connectivity index (χ0v) is 15.1. The molecule has 5 nitrogen and oxygen atoms in total. The summed E-state index contributed by atoms with van der Waals surface area (Å²) in [6, 6.07) is 10.8. The molecule has 0 bridgehead atoms. The lowest BCUT2D eigenvalue weighted by Crippen LogP contribution is -2.23. The molecule has 0 saturated carbocycles. The Balaban J connectivity index is 2.19. The molecule has 0 amide bonds. The van der Waals surface area contributed by atoms with E-state index in [1.807, 2.05) is 18.2 Å². The maximum absolute atomic E-state index is 6.29. The van der Waals surface area contributed by atoms with Crippen molar-refractivity contribution in [3.05, 3.63) is 57.6 Å². The first-order valence-electron chi connectivity index (χ1n) is 6.83. The van der Waals surface area contributed by atoms with Crippen LogP contribution >= 0.6 is 35.4 Å². The number of nitrogens with zero attached hydrogens (tertiary/aromatic N) is 1. The van der Waals surface area contributed by atoms with Crippen LogP contribution in [-0.4, -0.2) is 18.4 Å². The van der Waals surface area contributed by atoms with Crippen molar-refractivity contribution < 1.29 is 9.47 Å². The van der Waals surface area contributed by atoms with Gasteiger partial charge in [0, 0.05) is 10.6 Å². The van der Waals surface area contributed by atoms with Crippen molar-refractivity contribution in [2.24, 2.45) is 10.8 Å². The highest BCUT2D eigenvalue weighted by molar-refractivity contribution is 7.80. The van der Waals surface area contributed by atoms with E-state index in [4.69, 9.17) is 38.4 Å². The Labute approximate surface area is 155 Å². The summed E-state index contributed by atoms with van der Waals surface area (Å²) in [5.74, 6) is 0.907. The molecule has 0 aliphatic carbocycles. The van der Waals surface area contributed by atoms with Gasteiger partial charge in [0.2, 0.25) is 0 Å². The van der Waals surface area contributed by atoms with Crippen molar-refractivity contribution in [2.75, 3.05) is 7.11 Å². The third kappa shape index (κ3) is 4.99. The first kappa shape index (κ1) is 18.3. The molecule has 126 valence electrons. The molecule has 0 fully saturated rings. The molecule has 24 heavy (non-hydrogen) atoms. The van der Waals surface area contributed by atoms with Crippen LogP contribution in [0.4, 0.5) is 0 Å². The van der Waals surface area contributed by atoms with E-state index in [9.17, 15) is 0 Å². The normalized spacial score (nSPS) is 10.6. The molecule has 0 aliphatic rings. The third-order valence-corrected chi connectivity index (χ3v) is 3.71. The quantitative estimate of drug-likeness (QED) is 0.451. The minimum Gasteiger partial charge on any atom is -0.493 e. The van der Waals surface area contributed by atoms with Gasteiger partial charge in [-0.25, -0.2) is 0 Å². The number of hydrogen-bond donors (Lipinski definition) is 2. The molecule has 0 saturated heterocycles. The Kier molecular flexibility index (Phi) is 6.66. The van der Waals surface area contributed by atoms with Crippen LogP contribution in [0.2, 0.25) is 10.0 Å². The van der Waals surface area contributed by atoms with Crippen molar-refractivity contribution in [3.8, 4) is 11.5 Å². The van der Waals surface area contributed by atoms with Crippen LogP contribution in [0.5, 0.6) is 11.5 Å². The third-order valence-electron chi connectivity index (χ3n) is 2.97. The molecule has 3 N–H and O–H groups in total. The Bertz CT molecular complexity index is 769. The zero-order valence-electron chi connectivity index (χ0n) is 12.8. The first-order chi connectivity index (χ1) is 11.5. The number of nitrogens with one attached hydrogen (secondary N) is 1. The topological polar surface area (TPSA) is 68.9 Å². The highest BCUT2D eigenvalue weighted by Gasteiger charge is 2.12. The number of hydrazone groups is 1. The van der Waals surface area contributed by atoms with Crippen LogP contribution in [0, 0.1) is 0 Å². The van der Waals surface area contributed by atoms with Crippen molar-refractivity contribution >= 4 is 46.7 Å². The number of nitrogens with two attached hydrogens (primary N) is 1. The second kappa shape index (κ2) is 8.73. The number of rotatable bonds is 6. The Morgan fingerprint density at radius 3 is 2.71 bits per heavy atom. The summed E-state index contributed by atoms with van der Waals surface area (Å²) in [5.41, 5.74) is 9.32. The van der Waals surface area contributed by atoms with Gasteiger partial charge in [0.15, 0.2) is 16.6 Å². The average Bonchev–Trinajstić information content (AvgIpc) is 2.54. The highest BCUT2D eigenvalue weighted by atomic mass is 35.5. The van der Waals surface area contributed by atoms with Gasteiger partial charge >= 0.3 is 0 Å². The van der Waals surface area contributed by atoms with E-state index in [0.29, 0.717) is 27.1 Å². The largest absolute Gasteiger partial charge is 0.493 e. The highest BCUT2D eigenvalue weighted by Crippen LogP contribution is 2.36. The fourth-order valence-corrected chi connectivity index (χ4v) is 2.41. The Hall–Kier alpha value is -2.02. The van der Waals surface area contributed by atoms with Gasteiger partial charge in [-0.05, 0) is 36.0 Å². The van der Waals surface area contributed by atoms with Gasteiger partial charge in [-0.3, -0.25) is 5.43 Å². The number of hydrogen-bond acceptors (Lipinski definition) is 4. The van der Waals surface area contributed by atoms with Crippen molar-refractivity contribution in [3.63, 3.8) is 0 Å². The summed E-state index contributed by atoms with van der Waals surface area (Å²) in [6.45, 7) is 0.270. The van der Waals surface area contributed by atoms with Gasteiger partial charge in [0.05, 0.1) is 18.3 Å².